The Morgan fingerprint density at radius 1 is 1.32 bits per heavy atom. The highest BCUT2D eigenvalue weighted by atomic mass is 16.5. The normalized spacial score (nSPS) is 9.84. The van der Waals surface area contributed by atoms with Gasteiger partial charge in [0.05, 0.1) is 18.3 Å². The molecule has 0 saturated heterocycles. The summed E-state index contributed by atoms with van der Waals surface area (Å²) in [6, 6.07) is 7.74. The van der Waals surface area contributed by atoms with E-state index in [0.717, 1.165) is 5.75 Å². The molecule has 0 aliphatic rings. The number of aryl methyl sites for hydroxylation is 1. The van der Waals surface area contributed by atoms with Crippen molar-refractivity contribution in [3.8, 4) is 17.6 Å². The van der Waals surface area contributed by atoms with Gasteiger partial charge in [0, 0.05) is 19.2 Å². The molecule has 0 unspecified atom stereocenters. The third-order valence-corrected chi connectivity index (χ3v) is 3.40. The van der Waals surface area contributed by atoms with Gasteiger partial charge in [-0.1, -0.05) is 23.6 Å². The minimum atomic E-state index is -0.711. The van der Waals surface area contributed by atoms with Crippen LogP contribution in [-0.4, -0.2) is 46.7 Å². The van der Waals surface area contributed by atoms with Crippen LogP contribution in [0.4, 0.5) is 0 Å². The molecule has 0 aliphatic heterocycles. The van der Waals surface area contributed by atoms with Gasteiger partial charge in [-0.15, -0.1) is 0 Å². The lowest BCUT2D eigenvalue weighted by molar-refractivity contribution is -0.131. The van der Waals surface area contributed by atoms with Crippen molar-refractivity contribution >= 4 is 11.8 Å². The van der Waals surface area contributed by atoms with Crippen LogP contribution in [0.5, 0.6) is 5.75 Å². The van der Waals surface area contributed by atoms with Crippen LogP contribution < -0.4 is 10.5 Å². The van der Waals surface area contributed by atoms with Crippen molar-refractivity contribution in [1.29, 1.82) is 0 Å². The molecule has 1 heterocycles. The van der Waals surface area contributed by atoms with Crippen LogP contribution in [0.3, 0.4) is 0 Å². The largest absolute Gasteiger partial charge is 0.492 e. The zero-order valence-corrected chi connectivity index (χ0v) is 14.2. The molecule has 0 fully saturated rings. The number of carbonyl (C=O) groups is 2. The number of amides is 2. The zero-order chi connectivity index (χ0) is 18.2. The van der Waals surface area contributed by atoms with Gasteiger partial charge in [-0.25, -0.2) is 0 Å². The van der Waals surface area contributed by atoms with Gasteiger partial charge in [0.1, 0.15) is 18.9 Å². The SMILES string of the molecule is Cc1ccc(OCCN(C)C(=O)Cn2cc(C#CC(N)=O)cn2)cc1. The fraction of sp³-hybridized carbons (Fsp3) is 0.278. The van der Waals surface area contributed by atoms with E-state index in [0.29, 0.717) is 18.7 Å². The predicted molar refractivity (Wildman–Crippen MR) is 92.6 cm³/mol. The van der Waals surface area contributed by atoms with Crippen molar-refractivity contribution in [2.75, 3.05) is 20.2 Å². The summed E-state index contributed by atoms with van der Waals surface area (Å²) < 4.78 is 7.08. The lowest BCUT2D eigenvalue weighted by Crippen LogP contribution is -2.33. The van der Waals surface area contributed by atoms with Crippen LogP contribution in [0.1, 0.15) is 11.1 Å². The minimum Gasteiger partial charge on any atom is -0.492 e. The van der Waals surface area contributed by atoms with Gasteiger partial charge in [-0.2, -0.15) is 5.10 Å². The molecular formula is C18H20N4O3. The second-order valence-corrected chi connectivity index (χ2v) is 5.52. The summed E-state index contributed by atoms with van der Waals surface area (Å²) in [5.41, 5.74) is 6.64. The molecule has 2 N–H and O–H groups in total. The first-order valence-electron chi connectivity index (χ1n) is 7.71. The van der Waals surface area contributed by atoms with Crippen molar-refractivity contribution in [1.82, 2.24) is 14.7 Å². The number of hydrogen-bond acceptors (Lipinski definition) is 4. The number of rotatable bonds is 6. The fourth-order valence-electron chi connectivity index (χ4n) is 1.97. The average Bonchev–Trinajstić information content (AvgIpc) is 3.02. The highest BCUT2D eigenvalue weighted by molar-refractivity contribution is 5.92. The fourth-order valence-corrected chi connectivity index (χ4v) is 1.97. The number of aromatic nitrogens is 2. The molecule has 2 rings (SSSR count). The standard InChI is InChI=1S/C18H20N4O3/c1-14-3-6-16(7-4-14)25-10-9-21(2)18(24)13-22-12-15(11-20-22)5-8-17(19)23/h3-4,6-7,11-12H,9-10,13H2,1-2H3,(H2,19,23). The number of nitrogens with zero attached hydrogens (tertiary/aromatic N) is 3. The van der Waals surface area contributed by atoms with E-state index in [-0.39, 0.29) is 12.5 Å². The topological polar surface area (TPSA) is 90.5 Å². The van der Waals surface area contributed by atoms with Gasteiger partial charge in [-0.05, 0) is 19.1 Å². The van der Waals surface area contributed by atoms with Gasteiger partial charge >= 0.3 is 0 Å². The molecule has 0 radical (unpaired) electrons. The Hall–Kier alpha value is -3.27. The highest BCUT2D eigenvalue weighted by Gasteiger charge is 2.10. The number of ether oxygens (including phenoxy) is 1. The van der Waals surface area contributed by atoms with Crippen LogP contribution in [0.25, 0.3) is 0 Å². The first kappa shape index (κ1) is 18.1. The van der Waals surface area contributed by atoms with Crippen LogP contribution in [0.2, 0.25) is 0 Å². The molecule has 25 heavy (non-hydrogen) atoms. The van der Waals surface area contributed by atoms with Gasteiger partial charge in [-0.3, -0.25) is 14.3 Å². The van der Waals surface area contributed by atoms with E-state index in [9.17, 15) is 9.59 Å². The zero-order valence-electron chi connectivity index (χ0n) is 14.2. The summed E-state index contributed by atoms with van der Waals surface area (Å²) >= 11 is 0. The molecule has 0 aliphatic carbocycles. The highest BCUT2D eigenvalue weighted by Crippen LogP contribution is 2.11. The van der Waals surface area contributed by atoms with E-state index < -0.39 is 5.91 Å². The summed E-state index contributed by atoms with van der Waals surface area (Å²) in [7, 11) is 1.71. The Balaban J connectivity index is 1.79. The smallest absolute Gasteiger partial charge is 0.293 e. The van der Waals surface area contributed by atoms with Crippen LogP contribution in [-0.2, 0) is 16.1 Å². The van der Waals surface area contributed by atoms with Gasteiger partial charge in [0.15, 0.2) is 0 Å². The number of benzene rings is 1. The number of nitrogens with two attached hydrogens (primary N) is 1. The summed E-state index contributed by atoms with van der Waals surface area (Å²) in [6.07, 6.45) is 3.06. The monoisotopic (exact) mass is 340 g/mol. The Morgan fingerprint density at radius 2 is 2.04 bits per heavy atom. The Kier molecular flexibility index (Phi) is 6.18. The van der Waals surface area contributed by atoms with Crippen LogP contribution in [0, 0.1) is 18.8 Å². The molecule has 1 aromatic heterocycles. The van der Waals surface area contributed by atoms with Crippen molar-refractivity contribution in [2.45, 2.75) is 13.5 Å². The molecule has 0 bridgehead atoms. The average molecular weight is 340 g/mol. The summed E-state index contributed by atoms with van der Waals surface area (Å²) in [5, 5.41) is 4.04. The molecule has 7 heteroatoms. The summed E-state index contributed by atoms with van der Waals surface area (Å²) in [6.45, 7) is 2.96. The second-order valence-electron chi connectivity index (χ2n) is 5.52. The number of hydrogen-bond donors (Lipinski definition) is 1. The molecule has 0 saturated carbocycles. The molecule has 0 spiro atoms. The molecule has 2 aromatic rings. The molecule has 2 amide bonds. The predicted octanol–water partition coefficient (Wildman–Crippen LogP) is 0.566. The van der Waals surface area contributed by atoms with E-state index in [4.69, 9.17) is 10.5 Å². The lowest BCUT2D eigenvalue weighted by Gasteiger charge is -2.17. The van der Waals surface area contributed by atoms with Crippen molar-refractivity contribution in [3.63, 3.8) is 0 Å². The summed E-state index contributed by atoms with van der Waals surface area (Å²) in [5.74, 6) is 4.75. The Morgan fingerprint density at radius 3 is 2.72 bits per heavy atom. The molecule has 1 aromatic carbocycles. The second kappa shape index (κ2) is 8.55. The van der Waals surface area contributed by atoms with Crippen LogP contribution >= 0.6 is 0 Å². The first-order chi connectivity index (χ1) is 11.9. The number of carbonyl (C=O) groups excluding carboxylic acids is 2. The Bertz CT molecular complexity index is 800. The first-order valence-corrected chi connectivity index (χ1v) is 7.71. The summed E-state index contributed by atoms with van der Waals surface area (Å²) in [4.78, 5) is 24.4. The maximum absolute atomic E-state index is 12.2. The van der Waals surface area contributed by atoms with Crippen molar-refractivity contribution in [2.24, 2.45) is 5.73 Å². The van der Waals surface area contributed by atoms with Crippen molar-refractivity contribution in [3.05, 3.63) is 47.8 Å². The van der Waals surface area contributed by atoms with Gasteiger partial charge in [0.25, 0.3) is 5.91 Å². The van der Waals surface area contributed by atoms with Crippen LogP contribution in [0.15, 0.2) is 36.7 Å². The number of likely N-dealkylation sites (N-methyl/N-ethyl adjacent to an activating group) is 1. The Labute approximate surface area is 146 Å². The molecule has 130 valence electrons. The quantitative estimate of drug-likeness (QED) is 0.778. The number of primary amides is 1. The lowest BCUT2D eigenvalue weighted by atomic mass is 10.2. The van der Waals surface area contributed by atoms with E-state index in [1.807, 2.05) is 31.2 Å². The maximum Gasteiger partial charge on any atom is 0.293 e. The van der Waals surface area contributed by atoms with E-state index in [2.05, 4.69) is 16.9 Å². The third-order valence-electron chi connectivity index (χ3n) is 3.40. The maximum atomic E-state index is 12.2. The van der Waals surface area contributed by atoms with E-state index in [1.165, 1.54) is 16.4 Å². The molecular weight excluding hydrogens is 320 g/mol. The van der Waals surface area contributed by atoms with E-state index in [1.54, 1.807) is 18.1 Å². The van der Waals surface area contributed by atoms with Crippen molar-refractivity contribution < 1.29 is 14.3 Å². The van der Waals surface area contributed by atoms with E-state index >= 15 is 0 Å². The third kappa shape index (κ3) is 6.03. The molecule has 0 atom stereocenters. The van der Waals surface area contributed by atoms with Gasteiger partial charge in [0.2, 0.25) is 5.91 Å². The molecule has 7 nitrogen and oxygen atoms in total. The minimum absolute atomic E-state index is 0.0826. The van der Waals surface area contributed by atoms with Gasteiger partial charge < -0.3 is 15.4 Å².